The molecule has 0 radical (unpaired) electrons. The number of hydrogen-bond donors (Lipinski definition) is 0. The van der Waals surface area contributed by atoms with Crippen LogP contribution in [0, 0.1) is 0 Å². The Labute approximate surface area is 302 Å². The second kappa shape index (κ2) is 28.1. The zero-order chi connectivity index (χ0) is 33.2. The van der Waals surface area contributed by atoms with Gasteiger partial charge >= 0.3 is 0 Å². The van der Waals surface area contributed by atoms with Gasteiger partial charge in [0.05, 0.1) is 22.8 Å². The summed E-state index contributed by atoms with van der Waals surface area (Å²) in [7, 11) is 0. The van der Waals surface area contributed by atoms with Crippen LogP contribution >= 0.6 is 0 Å². The van der Waals surface area contributed by atoms with Gasteiger partial charge in [-0.25, -0.2) is 0 Å². The first-order valence-corrected chi connectivity index (χ1v) is 20.0. The molecule has 2 rings (SSSR count). The van der Waals surface area contributed by atoms with Gasteiger partial charge in [-0.05, 0) is 124 Å². The minimum atomic E-state index is 0. The maximum Gasteiger partial charge on any atom is 0.0639 e. The molecule has 268 valence electrons. The molecule has 0 amide bonds. The summed E-state index contributed by atoms with van der Waals surface area (Å²) in [6.07, 6.45) is 29.4. The Morgan fingerprint density at radius 2 is 0.638 bits per heavy atom. The summed E-state index contributed by atoms with van der Waals surface area (Å²) >= 11 is 0. The van der Waals surface area contributed by atoms with Crippen molar-refractivity contribution < 1.29 is 16.5 Å². The van der Waals surface area contributed by atoms with Crippen molar-refractivity contribution in [3.8, 4) is 0 Å². The third-order valence-electron chi connectivity index (χ3n) is 9.25. The first-order valence-electron chi connectivity index (χ1n) is 20.0. The number of rotatable bonds is 27. The summed E-state index contributed by atoms with van der Waals surface area (Å²) in [5.74, 6) is 0. The molecule has 3 heteroatoms. The van der Waals surface area contributed by atoms with Gasteiger partial charge < -0.3 is 0 Å². The number of unbranched alkanes of at least 4 members (excludes halogenated alkanes) is 12. The molecule has 0 saturated heterocycles. The van der Waals surface area contributed by atoms with E-state index in [2.05, 4.69) is 77.9 Å². The molecule has 0 atom stereocenters. The fourth-order valence-corrected chi connectivity index (χ4v) is 6.35. The molecule has 0 spiro atoms. The van der Waals surface area contributed by atoms with E-state index in [1.54, 1.807) is 0 Å². The van der Waals surface area contributed by atoms with Crippen LogP contribution in [0.2, 0.25) is 0 Å². The van der Waals surface area contributed by atoms with Crippen molar-refractivity contribution in [2.24, 2.45) is 9.98 Å². The zero-order valence-corrected chi connectivity index (χ0v) is 32.6. The molecule has 0 saturated carbocycles. The molecule has 0 N–H and O–H groups in total. The Balaban J connectivity index is 0.0000110. The summed E-state index contributed by atoms with van der Waals surface area (Å²) in [5, 5.41) is 0. The van der Waals surface area contributed by atoms with E-state index in [-0.39, 0.29) is 16.5 Å². The van der Waals surface area contributed by atoms with Crippen molar-refractivity contribution in [3.63, 3.8) is 0 Å². The first kappa shape index (κ1) is 43.3. The van der Waals surface area contributed by atoms with E-state index in [4.69, 9.17) is 9.98 Å². The van der Waals surface area contributed by atoms with Crippen molar-refractivity contribution in [1.29, 1.82) is 0 Å². The number of benzene rings is 2. The Kier molecular flexibility index (Phi) is 25.9. The summed E-state index contributed by atoms with van der Waals surface area (Å²) in [6, 6.07) is 14.4. The summed E-state index contributed by atoms with van der Waals surface area (Å²) in [6.45, 7) is 13.8. The molecule has 47 heavy (non-hydrogen) atoms. The topological polar surface area (TPSA) is 24.7 Å². The molecule has 2 nitrogen and oxygen atoms in total. The second-order valence-corrected chi connectivity index (χ2v) is 13.9. The molecule has 0 heterocycles. The van der Waals surface area contributed by atoms with E-state index in [0.717, 1.165) is 49.9 Å². The molecule has 0 aliphatic heterocycles. The van der Waals surface area contributed by atoms with Crippen molar-refractivity contribution in [3.05, 3.63) is 58.7 Å². The van der Waals surface area contributed by atoms with Crippen LogP contribution in [0.15, 0.2) is 46.4 Å². The third-order valence-corrected chi connectivity index (χ3v) is 9.25. The minimum absolute atomic E-state index is 0. The Bertz CT molecular complexity index is 1080. The van der Waals surface area contributed by atoms with Crippen molar-refractivity contribution >= 4 is 22.8 Å². The largest absolute Gasteiger partial charge is 0.252 e. The van der Waals surface area contributed by atoms with Gasteiger partial charge in [0, 0.05) is 16.5 Å². The molecule has 0 aromatic heterocycles. The summed E-state index contributed by atoms with van der Waals surface area (Å²) < 4.78 is 0. The van der Waals surface area contributed by atoms with Crippen LogP contribution in [-0.2, 0) is 42.2 Å². The number of aliphatic imine (C=N–C) groups is 2. The fourth-order valence-electron chi connectivity index (χ4n) is 6.35. The predicted molar refractivity (Wildman–Crippen MR) is 208 cm³/mol. The van der Waals surface area contributed by atoms with Crippen LogP contribution in [0.25, 0.3) is 0 Å². The molecule has 0 bridgehead atoms. The maximum atomic E-state index is 5.56. The smallest absolute Gasteiger partial charge is 0.0639 e. The van der Waals surface area contributed by atoms with Gasteiger partial charge in [0.25, 0.3) is 0 Å². The van der Waals surface area contributed by atoms with Crippen molar-refractivity contribution in [2.45, 2.75) is 196 Å². The van der Waals surface area contributed by atoms with Gasteiger partial charge in [-0.2, -0.15) is 0 Å². The molecule has 2 aromatic rings. The van der Waals surface area contributed by atoms with Crippen LogP contribution in [0.3, 0.4) is 0 Å². The standard InChI is InChI=1S/C44H72N2.Ni/c1-7-13-19-21-22-24-30-44(46-42-35-39(27-17-11-5)32-40(36-42)28-18-12-6)43(29-23-20-14-8-2)45-41-33-37(25-15-9-3)31-38(34-41)26-16-10-4;/h31-36H,7-30H2,1-6H3;/b45-43+,46-44+;. The molecule has 0 aliphatic carbocycles. The molecule has 0 unspecified atom stereocenters. The van der Waals surface area contributed by atoms with Gasteiger partial charge in [0.2, 0.25) is 0 Å². The van der Waals surface area contributed by atoms with Crippen molar-refractivity contribution in [2.75, 3.05) is 0 Å². The van der Waals surface area contributed by atoms with Gasteiger partial charge in [-0.1, -0.05) is 131 Å². The Morgan fingerprint density at radius 3 is 0.957 bits per heavy atom. The van der Waals surface area contributed by atoms with Crippen molar-refractivity contribution in [1.82, 2.24) is 0 Å². The molecule has 0 aliphatic rings. The van der Waals surface area contributed by atoms with E-state index >= 15 is 0 Å². The van der Waals surface area contributed by atoms with Crippen LogP contribution < -0.4 is 0 Å². The van der Waals surface area contributed by atoms with E-state index in [1.807, 2.05) is 0 Å². The Hall–Kier alpha value is -1.73. The minimum Gasteiger partial charge on any atom is -0.252 e. The number of hydrogen-bond acceptors (Lipinski definition) is 2. The first-order chi connectivity index (χ1) is 22.6. The van der Waals surface area contributed by atoms with Crippen LogP contribution in [0.5, 0.6) is 0 Å². The zero-order valence-electron chi connectivity index (χ0n) is 31.6. The monoisotopic (exact) mass is 687 g/mol. The van der Waals surface area contributed by atoms with Crippen LogP contribution in [0.1, 0.15) is 192 Å². The van der Waals surface area contributed by atoms with Gasteiger partial charge in [0.15, 0.2) is 0 Å². The molecule has 0 fully saturated rings. The average Bonchev–Trinajstić information content (AvgIpc) is 3.06. The number of nitrogens with zero attached hydrogens (tertiary/aromatic N) is 2. The van der Waals surface area contributed by atoms with Gasteiger partial charge in [0.1, 0.15) is 0 Å². The van der Waals surface area contributed by atoms with E-state index in [0.29, 0.717) is 0 Å². The normalized spacial score (nSPS) is 12.0. The quantitative estimate of drug-likeness (QED) is 0.0507. The second-order valence-electron chi connectivity index (χ2n) is 13.9. The summed E-state index contributed by atoms with van der Waals surface area (Å²) in [4.78, 5) is 11.1. The molecular formula is C44H72N2Ni. The molecule has 2 aromatic carbocycles. The Morgan fingerprint density at radius 1 is 0.362 bits per heavy atom. The van der Waals surface area contributed by atoms with Gasteiger partial charge in [-0.3, -0.25) is 9.98 Å². The van der Waals surface area contributed by atoms with E-state index < -0.39 is 0 Å². The average molecular weight is 688 g/mol. The van der Waals surface area contributed by atoms with Crippen LogP contribution in [-0.4, -0.2) is 11.4 Å². The summed E-state index contributed by atoms with van der Waals surface area (Å²) in [5.41, 5.74) is 10.6. The SMILES string of the molecule is CCCCCCCCC(=N\c1cc(CCCC)cc(CCCC)c1)/C(CCCCCC)=N/c1cc(CCCC)cc(CCCC)c1.[Ni]. The fraction of sp³-hybridized carbons (Fsp3) is 0.682. The van der Waals surface area contributed by atoms with E-state index in [9.17, 15) is 0 Å². The molecular weight excluding hydrogens is 615 g/mol. The van der Waals surface area contributed by atoms with Crippen LogP contribution in [0.4, 0.5) is 11.4 Å². The van der Waals surface area contributed by atoms with E-state index in [1.165, 1.54) is 149 Å². The predicted octanol–water partition coefficient (Wildman–Crippen LogP) is 14.6. The number of aryl methyl sites for hydroxylation is 4. The van der Waals surface area contributed by atoms with Gasteiger partial charge in [-0.15, -0.1) is 0 Å². The third kappa shape index (κ3) is 19.2. The maximum absolute atomic E-state index is 5.56.